The average Bonchev–Trinajstić information content (AvgIpc) is 2.61. The molecule has 1 heterocycles. The Morgan fingerprint density at radius 2 is 2.18 bits per heavy atom. The van der Waals surface area contributed by atoms with Crippen molar-refractivity contribution in [3.63, 3.8) is 0 Å². The molecule has 1 saturated heterocycles. The molecular formula is C9H17NS. The number of rotatable bonds is 3. The maximum absolute atomic E-state index is 2.58. The van der Waals surface area contributed by atoms with E-state index in [0.717, 1.165) is 5.41 Å². The van der Waals surface area contributed by atoms with Gasteiger partial charge in [-0.15, -0.1) is 0 Å². The van der Waals surface area contributed by atoms with Crippen molar-refractivity contribution in [2.24, 2.45) is 5.41 Å². The van der Waals surface area contributed by atoms with Gasteiger partial charge in [-0.1, -0.05) is 18.9 Å². The van der Waals surface area contributed by atoms with E-state index < -0.39 is 0 Å². The SMILES string of the molecule is CCCSN1CCC2(CC2)C1. The van der Waals surface area contributed by atoms with Crippen molar-refractivity contribution >= 4 is 11.9 Å². The molecule has 1 saturated carbocycles. The predicted molar refractivity (Wildman–Crippen MR) is 50.6 cm³/mol. The highest BCUT2D eigenvalue weighted by molar-refractivity contribution is 7.97. The maximum atomic E-state index is 2.58. The minimum Gasteiger partial charge on any atom is -0.250 e. The van der Waals surface area contributed by atoms with Crippen molar-refractivity contribution in [2.75, 3.05) is 18.8 Å². The van der Waals surface area contributed by atoms with Crippen LogP contribution in [-0.4, -0.2) is 23.1 Å². The lowest BCUT2D eigenvalue weighted by Crippen LogP contribution is -2.12. The van der Waals surface area contributed by atoms with Crippen LogP contribution in [0.25, 0.3) is 0 Å². The predicted octanol–water partition coefficient (Wildman–Crippen LogP) is 2.53. The molecule has 2 aliphatic rings. The summed E-state index contributed by atoms with van der Waals surface area (Å²) in [6.45, 7) is 5.00. The summed E-state index contributed by atoms with van der Waals surface area (Å²) in [6.07, 6.45) is 5.81. The van der Waals surface area contributed by atoms with Crippen LogP contribution < -0.4 is 0 Å². The summed E-state index contributed by atoms with van der Waals surface area (Å²) in [4.78, 5) is 0. The van der Waals surface area contributed by atoms with Crippen LogP contribution in [0.15, 0.2) is 0 Å². The van der Waals surface area contributed by atoms with Gasteiger partial charge in [-0.05, 0) is 31.1 Å². The molecule has 0 amide bonds. The Kier molecular flexibility index (Phi) is 2.15. The monoisotopic (exact) mass is 171 g/mol. The zero-order valence-electron chi connectivity index (χ0n) is 7.31. The third-order valence-electron chi connectivity index (χ3n) is 2.84. The van der Waals surface area contributed by atoms with Crippen molar-refractivity contribution < 1.29 is 0 Å². The summed E-state index contributed by atoms with van der Waals surface area (Å²) in [6, 6.07) is 0. The molecule has 0 radical (unpaired) electrons. The topological polar surface area (TPSA) is 3.24 Å². The molecule has 0 atom stereocenters. The number of nitrogens with zero attached hydrogens (tertiary/aromatic N) is 1. The van der Waals surface area contributed by atoms with Gasteiger partial charge in [-0.2, -0.15) is 0 Å². The molecule has 2 rings (SSSR count). The van der Waals surface area contributed by atoms with Gasteiger partial charge >= 0.3 is 0 Å². The molecule has 2 fully saturated rings. The molecule has 64 valence electrons. The number of hydrogen-bond donors (Lipinski definition) is 0. The van der Waals surface area contributed by atoms with Crippen LogP contribution >= 0.6 is 11.9 Å². The standard InChI is InChI=1S/C9H17NS/c1-2-7-11-10-6-5-9(8-10)3-4-9/h2-8H2,1H3. The Morgan fingerprint density at radius 3 is 2.73 bits per heavy atom. The minimum atomic E-state index is 0.820. The van der Waals surface area contributed by atoms with Crippen LogP contribution in [0.2, 0.25) is 0 Å². The lowest BCUT2D eigenvalue weighted by molar-refractivity contribution is 0.511. The number of hydrogen-bond acceptors (Lipinski definition) is 2. The Morgan fingerprint density at radius 1 is 1.36 bits per heavy atom. The second-order valence-electron chi connectivity index (χ2n) is 3.95. The highest BCUT2D eigenvalue weighted by Gasteiger charge is 2.47. The van der Waals surface area contributed by atoms with Gasteiger partial charge in [0.2, 0.25) is 0 Å². The fraction of sp³-hybridized carbons (Fsp3) is 1.00. The van der Waals surface area contributed by atoms with E-state index in [-0.39, 0.29) is 0 Å². The third kappa shape index (κ3) is 1.73. The van der Waals surface area contributed by atoms with Crippen molar-refractivity contribution in [3.8, 4) is 0 Å². The van der Waals surface area contributed by atoms with E-state index in [9.17, 15) is 0 Å². The van der Waals surface area contributed by atoms with Gasteiger partial charge in [0.05, 0.1) is 0 Å². The summed E-state index contributed by atoms with van der Waals surface area (Å²) in [5.74, 6) is 1.32. The first-order valence-electron chi connectivity index (χ1n) is 4.73. The lowest BCUT2D eigenvalue weighted by atomic mass is 10.1. The molecule has 2 heteroatoms. The van der Waals surface area contributed by atoms with Crippen LogP contribution in [0.1, 0.15) is 32.6 Å². The summed E-state index contributed by atoms with van der Waals surface area (Å²) in [5.41, 5.74) is 0.820. The molecule has 0 aromatic carbocycles. The van der Waals surface area contributed by atoms with Gasteiger partial charge in [0.1, 0.15) is 0 Å². The van der Waals surface area contributed by atoms with Crippen molar-refractivity contribution in [1.29, 1.82) is 0 Å². The first kappa shape index (κ1) is 7.93. The van der Waals surface area contributed by atoms with E-state index in [1.54, 1.807) is 0 Å². The van der Waals surface area contributed by atoms with Gasteiger partial charge in [-0.25, -0.2) is 0 Å². The Labute approximate surface area is 73.7 Å². The van der Waals surface area contributed by atoms with E-state index in [1.165, 1.54) is 44.5 Å². The van der Waals surface area contributed by atoms with Gasteiger partial charge in [0.15, 0.2) is 0 Å². The van der Waals surface area contributed by atoms with E-state index in [4.69, 9.17) is 0 Å². The Balaban J connectivity index is 1.72. The van der Waals surface area contributed by atoms with E-state index >= 15 is 0 Å². The zero-order chi connectivity index (χ0) is 7.73. The summed E-state index contributed by atoms with van der Waals surface area (Å²) < 4.78 is 2.58. The average molecular weight is 171 g/mol. The molecular weight excluding hydrogens is 154 g/mol. The molecule has 0 unspecified atom stereocenters. The Bertz CT molecular complexity index is 142. The largest absolute Gasteiger partial charge is 0.250 e. The van der Waals surface area contributed by atoms with Gasteiger partial charge in [-0.3, -0.25) is 4.31 Å². The first-order valence-corrected chi connectivity index (χ1v) is 5.67. The summed E-state index contributed by atoms with van der Waals surface area (Å²) >= 11 is 2.06. The van der Waals surface area contributed by atoms with Crippen molar-refractivity contribution in [1.82, 2.24) is 4.31 Å². The molecule has 0 aromatic rings. The molecule has 1 nitrogen and oxygen atoms in total. The van der Waals surface area contributed by atoms with E-state index in [0.29, 0.717) is 0 Å². The molecule has 0 N–H and O–H groups in total. The van der Waals surface area contributed by atoms with Crippen LogP contribution in [0.4, 0.5) is 0 Å². The molecule has 11 heavy (non-hydrogen) atoms. The normalized spacial score (nSPS) is 28.1. The van der Waals surface area contributed by atoms with Gasteiger partial charge in [0, 0.05) is 18.8 Å². The maximum Gasteiger partial charge on any atom is 0.0146 e. The highest BCUT2D eigenvalue weighted by atomic mass is 32.2. The summed E-state index contributed by atoms with van der Waals surface area (Å²) in [7, 11) is 0. The van der Waals surface area contributed by atoms with Gasteiger partial charge < -0.3 is 0 Å². The van der Waals surface area contributed by atoms with E-state index in [1.807, 2.05) is 0 Å². The quantitative estimate of drug-likeness (QED) is 0.600. The second kappa shape index (κ2) is 2.98. The third-order valence-corrected chi connectivity index (χ3v) is 4.11. The van der Waals surface area contributed by atoms with Crippen LogP contribution in [-0.2, 0) is 0 Å². The van der Waals surface area contributed by atoms with Crippen LogP contribution in [0.3, 0.4) is 0 Å². The molecule has 1 spiro atoms. The second-order valence-corrected chi connectivity index (χ2v) is 5.13. The lowest BCUT2D eigenvalue weighted by Gasteiger charge is -2.13. The molecule has 1 aliphatic carbocycles. The van der Waals surface area contributed by atoms with Crippen LogP contribution in [0, 0.1) is 5.41 Å². The fourth-order valence-electron chi connectivity index (χ4n) is 1.81. The van der Waals surface area contributed by atoms with Crippen molar-refractivity contribution in [2.45, 2.75) is 32.6 Å². The minimum absolute atomic E-state index is 0.820. The van der Waals surface area contributed by atoms with Crippen LogP contribution in [0.5, 0.6) is 0 Å². The zero-order valence-corrected chi connectivity index (χ0v) is 8.12. The molecule has 1 aliphatic heterocycles. The van der Waals surface area contributed by atoms with Gasteiger partial charge in [0.25, 0.3) is 0 Å². The molecule has 0 bridgehead atoms. The Hall–Kier alpha value is 0.310. The molecule has 0 aromatic heterocycles. The first-order chi connectivity index (χ1) is 5.35. The fourth-order valence-corrected chi connectivity index (χ4v) is 2.84. The smallest absolute Gasteiger partial charge is 0.0146 e. The highest BCUT2D eigenvalue weighted by Crippen LogP contribution is 2.53. The van der Waals surface area contributed by atoms with E-state index in [2.05, 4.69) is 23.2 Å². The van der Waals surface area contributed by atoms with Crippen molar-refractivity contribution in [3.05, 3.63) is 0 Å². The summed E-state index contributed by atoms with van der Waals surface area (Å²) in [5, 5.41) is 0.